The number of rotatable bonds is 4. The summed E-state index contributed by atoms with van der Waals surface area (Å²) in [6, 6.07) is 11.4. The van der Waals surface area contributed by atoms with Gasteiger partial charge in [0.15, 0.2) is 0 Å². The molecule has 2 heterocycles. The Kier molecular flexibility index (Phi) is 4.42. The molecule has 6 heteroatoms. The first kappa shape index (κ1) is 15.3. The van der Waals surface area contributed by atoms with Crippen molar-refractivity contribution >= 4 is 34.5 Å². The third kappa shape index (κ3) is 3.42. The molecule has 0 aliphatic rings. The van der Waals surface area contributed by atoms with Crippen molar-refractivity contribution in [1.82, 2.24) is 4.98 Å². The Bertz CT molecular complexity index is 903. The predicted octanol–water partition coefficient (Wildman–Crippen LogP) is 4.80. The summed E-state index contributed by atoms with van der Waals surface area (Å²) in [5, 5.41) is 13.5. The zero-order chi connectivity index (χ0) is 16.2. The molecule has 23 heavy (non-hydrogen) atoms. The molecule has 3 rings (SSSR count). The quantitative estimate of drug-likeness (QED) is 0.389. The molecule has 0 spiro atoms. The van der Waals surface area contributed by atoms with E-state index < -0.39 is 0 Å². The maximum absolute atomic E-state index is 12.9. The van der Waals surface area contributed by atoms with Gasteiger partial charge in [-0.05, 0) is 41.8 Å². The van der Waals surface area contributed by atoms with Crippen LogP contribution in [0.15, 0.2) is 52.7 Å². The maximum atomic E-state index is 12.9. The number of carbonyl (C=O) groups excluding carboxylic acids is 1. The number of carbonyl (C=O) groups is 1. The number of nitrogens with zero attached hydrogens (tertiary/aromatic N) is 2. The second-order valence-electron chi connectivity index (χ2n) is 4.56. The van der Waals surface area contributed by atoms with Crippen LogP contribution in [0.25, 0.3) is 16.6 Å². The van der Waals surface area contributed by atoms with Crippen LogP contribution < -0.4 is 0 Å². The highest BCUT2D eigenvalue weighted by atomic mass is 32.1. The van der Waals surface area contributed by atoms with Crippen molar-refractivity contribution in [2.75, 3.05) is 0 Å². The average molecular weight is 340 g/mol. The molecule has 0 aliphatic heterocycles. The first-order chi connectivity index (χ1) is 11.2. The van der Waals surface area contributed by atoms with E-state index in [4.69, 9.17) is 0 Å². The van der Waals surface area contributed by atoms with Gasteiger partial charge in [0, 0.05) is 10.9 Å². The largest absolute Gasteiger partial charge is 0.287 e. The molecule has 0 amide bonds. The van der Waals surface area contributed by atoms with Crippen molar-refractivity contribution in [3.05, 3.63) is 69.1 Å². The van der Waals surface area contributed by atoms with Gasteiger partial charge in [-0.2, -0.15) is 5.26 Å². The Balaban J connectivity index is 1.89. The normalized spacial score (nSPS) is 11.2. The molecular formula is C17H9FN2OS2. The molecule has 0 fully saturated rings. The van der Waals surface area contributed by atoms with Crippen LogP contribution in [0.1, 0.15) is 15.4 Å². The number of halogens is 1. The van der Waals surface area contributed by atoms with Gasteiger partial charge in [0.1, 0.15) is 22.5 Å². The summed E-state index contributed by atoms with van der Waals surface area (Å²) < 4.78 is 12.9. The second kappa shape index (κ2) is 6.65. The van der Waals surface area contributed by atoms with E-state index in [-0.39, 0.29) is 17.2 Å². The van der Waals surface area contributed by atoms with Crippen molar-refractivity contribution in [2.24, 2.45) is 0 Å². The van der Waals surface area contributed by atoms with E-state index in [0.717, 1.165) is 5.56 Å². The Morgan fingerprint density at radius 3 is 2.65 bits per heavy atom. The number of benzene rings is 1. The Hall–Kier alpha value is -2.62. The second-order valence-corrected chi connectivity index (χ2v) is 6.37. The SMILES string of the molecule is N#C/C(=C\c1csc(-c2ccc(F)cc2)n1)C(=O)c1cccs1. The Morgan fingerprint density at radius 2 is 2.00 bits per heavy atom. The van der Waals surface area contributed by atoms with Crippen molar-refractivity contribution in [1.29, 1.82) is 5.26 Å². The van der Waals surface area contributed by atoms with Gasteiger partial charge in [-0.25, -0.2) is 9.37 Å². The van der Waals surface area contributed by atoms with Crippen LogP contribution in [0, 0.1) is 17.1 Å². The van der Waals surface area contributed by atoms with Crippen LogP contribution in [-0.4, -0.2) is 10.8 Å². The van der Waals surface area contributed by atoms with Crippen LogP contribution in [0.5, 0.6) is 0 Å². The number of allylic oxidation sites excluding steroid dienone is 1. The van der Waals surface area contributed by atoms with E-state index in [9.17, 15) is 14.4 Å². The van der Waals surface area contributed by atoms with Crippen molar-refractivity contribution in [3.63, 3.8) is 0 Å². The predicted molar refractivity (Wildman–Crippen MR) is 89.7 cm³/mol. The Morgan fingerprint density at radius 1 is 1.22 bits per heavy atom. The van der Waals surface area contributed by atoms with Crippen molar-refractivity contribution < 1.29 is 9.18 Å². The summed E-state index contributed by atoms with van der Waals surface area (Å²) in [5.41, 5.74) is 1.37. The van der Waals surface area contributed by atoms with Gasteiger partial charge in [0.2, 0.25) is 5.78 Å². The molecule has 0 saturated heterocycles. The molecule has 0 aliphatic carbocycles. The number of thiophene rings is 1. The van der Waals surface area contributed by atoms with Crippen LogP contribution in [0.3, 0.4) is 0 Å². The molecule has 2 aromatic heterocycles. The minimum atomic E-state index is -0.307. The lowest BCUT2D eigenvalue weighted by atomic mass is 10.1. The molecule has 0 unspecified atom stereocenters. The van der Waals surface area contributed by atoms with E-state index in [2.05, 4.69) is 4.98 Å². The summed E-state index contributed by atoms with van der Waals surface area (Å²) in [5.74, 6) is -0.613. The van der Waals surface area contributed by atoms with Crippen molar-refractivity contribution in [2.45, 2.75) is 0 Å². The smallest absolute Gasteiger partial charge is 0.213 e. The van der Waals surface area contributed by atoms with E-state index in [1.54, 1.807) is 35.0 Å². The zero-order valence-corrected chi connectivity index (χ0v) is 13.3. The van der Waals surface area contributed by atoms with Crippen LogP contribution in [-0.2, 0) is 0 Å². The average Bonchev–Trinajstić information content (AvgIpc) is 3.24. The number of hydrogen-bond acceptors (Lipinski definition) is 5. The first-order valence-corrected chi connectivity index (χ1v) is 8.35. The minimum absolute atomic E-state index is 0.0448. The van der Waals surface area contributed by atoms with Gasteiger partial charge >= 0.3 is 0 Å². The number of aromatic nitrogens is 1. The lowest BCUT2D eigenvalue weighted by molar-refractivity contribution is 0.104. The van der Waals surface area contributed by atoms with Crippen LogP contribution in [0.4, 0.5) is 4.39 Å². The van der Waals surface area contributed by atoms with E-state index in [0.29, 0.717) is 15.6 Å². The van der Waals surface area contributed by atoms with E-state index >= 15 is 0 Å². The summed E-state index contributed by atoms with van der Waals surface area (Å²) >= 11 is 2.67. The highest BCUT2D eigenvalue weighted by Crippen LogP contribution is 2.25. The molecule has 0 radical (unpaired) electrons. The fourth-order valence-electron chi connectivity index (χ4n) is 1.91. The molecule has 0 N–H and O–H groups in total. The van der Waals surface area contributed by atoms with E-state index in [1.165, 1.54) is 40.9 Å². The lowest BCUT2D eigenvalue weighted by Crippen LogP contribution is -1.98. The van der Waals surface area contributed by atoms with Crippen molar-refractivity contribution in [3.8, 4) is 16.6 Å². The standard InChI is InChI=1S/C17H9FN2OS2/c18-13-5-3-11(4-6-13)17-20-14(10-23-17)8-12(9-19)16(21)15-2-1-7-22-15/h1-8,10H/b12-8+. The minimum Gasteiger partial charge on any atom is -0.287 e. The number of nitriles is 1. The number of Topliss-reactive ketones (excluding diaryl/α,β-unsaturated/α-hetero) is 1. The summed E-state index contributed by atoms with van der Waals surface area (Å²) in [7, 11) is 0. The topological polar surface area (TPSA) is 53.8 Å². The lowest BCUT2D eigenvalue weighted by Gasteiger charge is -1.95. The molecule has 0 atom stereocenters. The van der Waals surface area contributed by atoms with Gasteiger partial charge in [0.05, 0.1) is 10.6 Å². The van der Waals surface area contributed by atoms with Gasteiger partial charge in [0.25, 0.3) is 0 Å². The van der Waals surface area contributed by atoms with Gasteiger partial charge < -0.3 is 0 Å². The number of hydrogen-bond donors (Lipinski definition) is 0. The third-order valence-corrected chi connectivity index (χ3v) is 4.79. The maximum Gasteiger partial charge on any atom is 0.213 e. The fourth-order valence-corrected chi connectivity index (χ4v) is 3.38. The monoisotopic (exact) mass is 340 g/mol. The van der Waals surface area contributed by atoms with Crippen LogP contribution in [0.2, 0.25) is 0 Å². The first-order valence-electron chi connectivity index (χ1n) is 6.59. The molecule has 0 bridgehead atoms. The van der Waals surface area contributed by atoms with Gasteiger partial charge in [-0.1, -0.05) is 6.07 Å². The number of thiazole rings is 1. The molecule has 3 aromatic rings. The molecule has 3 nitrogen and oxygen atoms in total. The van der Waals surface area contributed by atoms with Crippen LogP contribution >= 0.6 is 22.7 Å². The summed E-state index contributed by atoms with van der Waals surface area (Å²) in [6.45, 7) is 0. The highest BCUT2D eigenvalue weighted by molar-refractivity contribution is 7.13. The molecular weight excluding hydrogens is 331 g/mol. The van der Waals surface area contributed by atoms with Gasteiger partial charge in [-0.15, -0.1) is 22.7 Å². The highest BCUT2D eigenvalue weighted by Gasteiger charge is 2.14. The molecule has 1 aromatic carbocycles. The molecule has 0 saturated carbocycles. The summed E-state index contributed by atoms with van der Waals surface area (Å²) in [4.78, 5) is 17.1. The summed E-state index contributed by atoms with van der Waals surface area (Å²) in [6.07, 6.45) is 1.48. The zero-order valence-electron chi connectivity index (χ0n) is 11.7. The third-order valence-electron chi connectivity index (χ3n) is 3.02. The fraction of sp³-hybridized carbons (Fsp3) is 0. The molecule has 112 valence electrons. The number of ketones is 1. The Labute approximate surface area is 140 Å². The van der Waals surface area contributed by atoms with Gasteiger partial charge in [-0.3, -0.25) is 4.79 Å². The van der Waals surface area contributed by atoms with E-state index in [1.807, 2.05) is 6.07 Å².